The van der Waals surface area contributed by atoms with Crippen molar-refractivity contribution in [3.63, 3.8) is 0 Å². The third-order valence-electron chi connectivity index (χ3n) is 0. The average molecular weight is 261 g/mol. The molecule has 0 unspecified atom stereocenters. The Bertz CT molecular complexity index is 8.00. The summed E-state index contributed by atoms with van der Waals surface area (Å²) in [7, 11) is 0. The van der Waals surface area contributed by atoms with Gasteiger partial charge >= 0.3 is 19.8 Å². The summed E-state index contributed by atoms with van der Waals surface area (Å²) in [6.45, 7) is 0. The molecule has 0 heterocycles. The Balaban J connectivity index is 0. The van der Waals surface area contributed by atoms with Gasteiger partial charge in [-0.15, -0.1) is 0 Å². The standard InChI is InChI=1S/Fe.Ga.Ru.H3Si.3H/h;;;1H3;;;. The van der Waals surface area contributed by atoms with Gasteiger partial charge in [-0.3, -0.25) is 0 Å². The van der Waals surface area contributed by atoms with E-state index in [1.165, 1.54) is 0 Å². The second-order valence-electron chi connectivity index (χ2n) is 0. The maximum Gasteiger partial charge on any atom is 0 e. The first kappa shape index (κ1) is 37.6. The summed E-state index contributed by atoms with van der Waals surface area (Å²) in [5.41, 5.74) is 0. The third kappa shape index (κ3) is 9.00. The van der Waals surface area contributed by atoms with Crippen molar-refractivity contribution in [1.82, 2.24) is 0 Å². The van der Waals surface area contributed by atoms with Gasteiger partial charge in [0.1, 0.15) is 0 Å². The third-order valence-corrected chi connectivity index (χ3v) is 0. The molecule has 0 N–H and O–H groups in total. The largest absolute Gasteiger partial charge is 0.0125 e. The van der Waals surface area contributed by atoms with Crippen molar-refractivity contribution in [1.29, 1.82) is 0 Å². The van der Waals surface area contributed by atoms with E-state index < -0.39 is 0 Å². The second kappa shape index (κ2) is 20.0. The predicted molar refractivity (Wildman–Crippen MR) is 19.9 cm³/mol. The first-order chi connectivity index (χ1) is 0. The van der Waals surface area contributed by atoms with Crippen molar-refractivity contribution >= 4 is 30.8 Å². The number of hydrogen-bond acceptors (Lipinski definition) is 0. The summed E-state index contributed by atoms with van der Waals surface area (Å²) in [4.78, 5) is 0. The van der Waals surface area contributed by atoms with Gasteiger partial charge in [-0.1, -0.05) is 0 Å². The van der Waals surface area contributed by atoms with Crippen molar-refractivity contribution in [2.24, 2.45) is 0 Å². The molecule has 0 spiro atoms. The smallest absolute Gasteiger partial charge is 0 e. The van der Waals surface area contributed by atoms with E-state index in [0.717, 1.165) is 0 Å². The Morgan fingerprint density at radius 1 is 1.00 bits per heavy atom. The maximum atomic E-state index is 0. The summed E-state index contributed by atoms with van der Waals surface area (Å²) in [6.07, 6.45) is 0. The molecule has 0 amide bonds. The van der Waals surface area contributed by atoms with Crippen LogP contribution in [0.2, 0.25) is 0 Å². The fourth-order valence-electron chi connectivity index (χ4n) is 0. The minimum absolute atomic E-state index is 0. The Morgan fingerprint density at radius 2 is 1.00 bits per heavy atom. The van der Waals surface area contributed by atoms with Gasteiger partial charge in [0.25, 0.3) is 0 Å². The molecule has 0 atom stereocenters. The second-order valence-corrected chi connectivity index (χ2v) is 0. The van der Waals surface area contributed by atoms with E-state index in [4.69, 9.17) is 0 Å². The number of rotatable bonds is 0. The van der Waals surface area contributed by atoms with E-state index in [9.17, 15) is 0 Å². The first-order valence-electron chi connectivity index (χ1n) is 0. The van der Waals surface area contributed by atoms with Gasteiger partial charge in [-0.25, -0.2) is 0 Å². The topological polar surface area (TPSA) is 0 Å². The molecule has 0 saturated heterocycles. The first-order valence-corrected chi connectivity index (χ1v) is 0. The zero-order valence-electron chi connectivity index (χ0n) is 1.71. The Labute approximate surface area is 66.8 Å². The quantitative estimate of drug-likeness (QED) is 0.427. The Morgan fingerprint density at radius 3 is 1.00 bits per heavy atom. The van der Waals surface area contributed by atoms with E-state index in [0.29, 0.717) is 0 Å². The van der Waals surface area contributed by atoms with E-state index in [2.05, 4.69) is 0 Å². The molecule has 1 radical (unpaired) electrons. The summed E-state index contributed by atoms with van der Waals surface area (Å²) >= 11 is 0. The molecule has 0 aromatic heterocycles. The van der Waals surface area contributed by atoms with Crippen LogP contribution in [0.25, 0.3) is 0 Å². The van der Waals surface area contributed by atoms with Gasteiger partial charge in [0.05, 0.1) is 0 Å². The van der Waals surface area contributed by atoms with Crippen LogP contribution in [0, 0.1) is 0 Å². The van der Waals surface area contributed by atoms with Crippen molar-refractivity contribution in [2.75, 3.05) is 0 Å². The van der Waals surface area contributed by atoms with E-state index >= 15 is 0 Å². The van der Waals surface area contributed by atoms with Gasteiger partial charge in [0.15, 0.2) is 0 Å². The molecular weight excluding hydrogens is 255 g/mol. The molecule has 0 fully saturated rings. The van der Waals surface area contributed by atoms with E-state index in [-0.39, 0.29) is 67.3 Å². The van der Waals surface area contributed by atoms with Crippen molar-refractivity contribution < 1.29 is 36.5 Å². The molecule has 4 heavy (non-hydrogen) atoms. The molecule has 0 nitrogen and oxygen atoms in total. The molecule has 0 aromatic carbocycles. The predicted octanol–water partition coefficient (Wildman–Crippen LogP) is -2.37. The minimum Gasteiger partial charge on any atom is -0.0125 e. The number of hydrogen-bond donors (Lipinski definition) is 0. The van der Waals surface area contributed by atoms with Gasteiger partial charge in [0, 0.05) is 36.5 Å². The Kier molecular flexibility index (Phi) is 188. The van der Waals surface area contributed by atoms with Crippen LogP contribution in [0.5, 0.6) is 0 Å². The summed E-state index contributed by atoms with van der Waals surface area (Å²) in [5, 5.41) is 0. The monoisotopic (exact) mass is 261 g/mol. The van der Waals surface area contributed by atoms with Crippen LogP contribution in [-0.2, 0) is 36.5 Å². The molecule has 4 heteroatoms. The SMILES string of the molecule is [Fe].[GaH3].[Ru].[SiH3]. The van der Waals surface area contributed by atoms with Crippen LogP contribution in [0.4, 0.5) is 0 Å². The van der Waals surface area contributed by atoms with E-state index in [1.807, 2.05) is 0 Å². The van der Waals surface area contributed by atoms with Gasteiger partial charge in [-0.05, 0) is 11.0 Å². The fraction of sp³-hybridized carbons (Fsp3) is 0. The van der Waals surface area contributed by atoms with E-state index in [1.54, 1.807) is 0 Å². The molecule has 29 valence electrons. The van der Waals surface area contributed by atoms with Gasteiger partial charge < -0.3 is 0 Å². The molecular formula is H6FeGaRuSi. The molecule has 0 bridgehead atoms. The maximum absolute atomic E-state index is 0. The van der Waals surface area contributed by atoms with Crippen LogP contribution in [0.3, 0.4) is 0 Å². The minimum atomic E-state index is 0. The molecule has 0 aliphatic carbocycles. The van der Waals surface area contributed by atoms with Crippen LogP contribution in [-0.4, -0.2) is 30.8 Å². The van der Waals surface area contributed by atoms with Gasteiger partial charge in [-0.2, -0.15) is 0 Å². The van der Waals surface area contributed by atoms with Gasteiger partial charge in [0.2, 0.25) is 0 Å². The molecule has 0 aliphatic heterocycles. The molecule has 0 aliphatic rings. The van der Waals surface area contributed by atoms with Crippen molar-refractivity contribution in [2.45, 2.75) is 0 Å². The van der Waals surface area contributed by atoms with Crippen LogP contribution in [0.1, 0.15) is 0 Å². The van der Waals surface area contributed by atoms with Crippen LogP contribution >= 0.6 is 0 Å². The normalized spacial score (nSPS) is 0. The Hall–Kier alpha value is 2.00. The molecule has 0 saturated carbocycles. The zero-order valence-corrected chi connectivity index (χ0v) is 6.55. The average Bonchev–Trinajstić information content (AvgIpc) is 0. The summed E-state index contributed by atoms with van der Waals surface area (Å²) in [5.74, 6) is 0. The molecule has 0 rings (SSSR count). The van der Waals surface area contributed by atoms with Crippen LogP contribution < -0.4 is 0 Å². The summed E-state index contributed by atoms with van der Waals surface area (Å²) in [6, 6.07) is 0. The fourth-order valence-corrected chi connectivity index (χ4v) is 0. The summed E-state index contributed by atoms with van der Waals surface area (Å²) < 4.78 is 0. The van der Waals surface area contributed by atoms with Crippen LogP contribution in [0.15, 0.2) is 0 Å². The molecule has 0 aromatic rings. The zero-order chi connectivity index (χ0) is 0. The van der Waals surface area contributed by atoms with Crippen molar-refractivity contribution in [3.05, 3.63) is 0 Å². The van der Waals surface area contributed by atoms with Crippen molar-refractivity contribution in [3.8, 4) is 0 Å².